The molecule has 0 saturated carbocycles. The third-order valence-electron chi connectivity index (χ3n) is 3.43. The Balaban J connectivity index is 1.87. The minimum Gasteiger partial charge on any atom is -0.354 e. The van der Waals surface area contributed by atoms with E-state index in [-0.39, 0.29) is 11.1 Å². The number of rotatable bonds is 3. The molecule has 1 fully saturated rings. The van der Waals surface area contributed by atoms with Crippen LogP contribution in [0.1, 0.15) is 0 Å². The van der Waals surface area contributed by atoms with Gasteiger partial charge in [-0.2, -0.15) is 0 Å². The molecule has 2 aromatic rings. The molecule has 0 bridgehead atoms. The third-order valence-corrected chi connectivity index (χ3v) is 5.08. The van der Waals surface area contributed by atoms with Crippen LogP contribution in [0.4, 0.5) is 16.2 Å². The minimum atomic E-state index is -0.543. The summed E-state index contributed by atoms with van der Waals surface area (Å²) < 4.78 is 0.904. The van der Waals surface area contributed by atoms with E-state index < -0.39 is 5.37 Å². The maximum Gasteiger partial charge on any atom is 0.295 e. The number of hydrogen-bond donors (Lipinski definition) is 0. The van der Waals surface area contributed by atoms with Gasteiger partial charge in [0.1, 0.15) is 0 Å². The van der Waals surface area contributed by atoms with Crippen molar-refractivity contribution in [3.8, 4) is 0 Å². The Morgan fingerprint density at radius 3 is 2.32 bits per heavy atom. The number of carbonyl (C=O) groups is 2. The van der Waals surface area contributed by atoms with Crippen LogP contribution in [0.25, 0.3) is 0 Å². The van der Waals surface area contributed by atoms with Crippen molar-refractivity contribution in [2.24, 2.45) is 0 Å². The second kappa shape index (κ2) is 6.14. The molecule has 22 heavy (non-hydrogen) atoms. The zero-order valence-corrected chi connectivity index (χ0v) is 14.2. The van der Waals surface area contributed by atoms with E-state index in [1.165, 1.54) is 4.90 Å². The van der Waals surface area contributed by atoms with Crippen LogP contribution in [0.5, 0.6) is 0 Å². The Hall–Kier alpha value is -1.79. The van der Waals surface area contributed by atoms with Crippen LogP contribution in [0, 0.1) is 0 Å². The summed E-state index contributed by atoms with van der Waals surface area (Å²) >= 11 is 4.38. The Morgan fingerprint density at radius 2 is 1.68 bits per heavy atom. The highest BCUT2D eigenvalue weighted by Crippen LogP contribution is 2.35. The Kier molecular flexibility index (Phi) is 4.22. The molecular formula is C16H13BrN2O2S. The van der Waals surface area contributed by atoms with Crippen LogP contribution < -0.4 is 9.80 Å². The number of halogens is 1. The number of nitrogens with zero attached hydrogens (tertiary/aromatic N) is 2. The van der Waals surface area contributed by atoms with Crippen LogP contribution >= 0.6 is 27.7 Å². The van der Waals surface area contributed by atoms with E-state index in [0.717, 1.165) is 21.9 Å². The van der Waals surface area contributed by atoms with E-state index in [4.69, 9.17) is 0 Å². The van der Waals surface area contributed by atoms with Crippen LogP contribution in [-0.4, -0.2) is 23.6 Å². The molecule has 1 atom stereocenters. The van der Waals surface area contributed by atoms with Gasteiger partial charge in [-0.15, -0.1) is 0 Å². The van der Waals surface area contributed by atoms with Crippen molar-refractivity contribution in [3.63, 3.8) is 0 Å². The van der Waals surface area contributed by atoms with Gasteiger partial charge < -0.3 is 4.90 Å². The molecule has 3 rings (SSSR count). The summed E-state index contributed by atoms with van der Waals surface area (Å²) in [4.78, 5) is 28.0. The summed E-state index contributed by atoms with van der Waals surface area (Å²) in [6, 6.07) is 16.7. The van der Waals surface area contributed by atoms with Crippen molar-refractivity contribution in [2.75, 3.05) is 16.8 Å². The van der Waals surface area contributed by atoms with Crippen LogP contribution in [-0.2, 0) is 4.79 Å². The molecule has 0 aromatic heterocycles. The lowest BCUT2D eigenvalue weighted by Gasteiger charge is -2.24. The van der Waals surface area contributed by atoms with Crippen molar-refractivity contribution >= 4 is 50.2 Å². The molecule has 6 heteroatoms. The fourth-order valence-corrected chi connectivity index (χ4v) is 3.51. The third kappa shape index (κ3) is 2.76. The SMILES string of the molecule is CN(c1ccccc1)[C@H]1SC(=O)N(c2ccc(Br)cc2)C1=O. The van der Waals surface area contributed by atoms with Gasteiger partial charge in [-0.05, 0) is 48.2 Å². The van der Waals surface area contributed by atoms with Crippen molar-refractivity contribution in [1.82, 2.24) is 0 Å². The molecule has 112 valence electrons. The maximum absolute atomic E-state index is 12.6. The molecular weight excluding hydrogens is 364 g/mol. The molecule has 2 amide bonds. The first-order valence-electron chi connectivity index (χ1n) is 6.66. The highest BCUT2D eigenvalue weighted by atomic mass is 79.9. The summed E-state index contributed by atoms with van der Waals surface area (Å²) in [5, 5.41) is -0.793. The highest BCUT2D eigenvalue weighted by molar-refractivity contribution is 9.10. The van der Waals surface area contributed by atoms with E-state index in [1.807, 2.05) is 54.4 Å². The Bertz CT molecular complexity index is 706. The quantitative estimate of drug-likeness (QED) is 0.807. The molecule has 1 saturated heterocycles. The monoisotopic (exact) mass is 376 g/mol. The average molecular weight is 377 g/mol. The predicted molar refractivity (Wildman–Crippen MR) is 93.2 cm³/mol. The standard InChI is InChI=1S/C16H13BrN2O2S/c1-18(12-5-3-2-4-6-12)15-14(20)19(16(21)22-15)13-9-7-11(17)8-10-13/h2-10,15H,1H3/t15-/m0/s1. The number of amides is 2. The maximum atomic E-state index is 12.6. The van der Waals surface area contributed by atoms with Crippen LogP contribution in [0.15, 0.2) is 59.1 Å². The highest BCUT2D eigenvalue weighted by Gasteiger charge is 2.43. The Morgan fingerprint density at radius 1 is 1.05 bits per heavy atom. The van der Waals surface area contributed by atoms with Gasteiger partial charge in [-0.1, -0.05) is 34.1 Å². The van der Waals surface area contributed by atoms with Gasteiger partial charge in [0, 0.05) is 17.2 Å². The number of thioether (sulfide) groups is 1. The number of likely N-dealkylation sites (N-methyl/N-ethyl adjacent to an activating group) is 1. The van der Waals surface area contributed by atoms with Crippen molar-refractivity contribution in [3.05, 3.63) is 59.1 Å². The summed E-state index contributed by atoms with van der Waals surface area (Å²) in [6.07, 6.45) is 0. The van der Waals surface area contributed by atoms with Crippen molar-refractivity contribution in [2.45, 2.75) is 5.37 Å². The molecule has 2 aromatic carbocycles. The number of benzene rings is 2. The molecule has 0 spiro atoms. The average Bonchev–Trinajstić information content (AvgIpc) is 2.83. The number of anilines is 2. The lowest BCUT2D eigenvalue weighted by molar-refractivity contribution is -0.116. The normalized spacial score (nSPS) is 17.9. The molecule has 0 aliphatic carbocycles. The molecule has 0 radical (unpaired) electrons. The first kappa shape index (κ1) is 15.1. The molecule has 1 aliphatic heterocycles. The van der Waals surface area contributed by atoms with Gasteiger partial charge in [-0.25, -0.2) is 4.90 Å². The van der Waals surface area contributed by atoms with Gasteiger partial charge in [0.25, 0.3) is 11.1 Å². The summed E-state index contributed by atoms with van der Waals surface area (Å²) in [7, 11) is 1.82. The lowest BCUT2D eigenvalue weighted by atomic mass is 10.2. The first-order valence-corrected chi connectivity index (χ1v) is 8.33. The number of carbonyl (C=O) groups excluding carboxylic acids is 2. The minimum absolute atomic E-state index is 0.219. The van der Waals surface area contributed by atoms with E-state index in [2.05, 4.69) is 15.9 Å². The molecule has 0 N–H and O–H groups in total. The van der Waals surface area contributed by atoms with Gasteiger partial charge in [-0.3, -0.25) is 9.59 Å². The zero-order valence-electron chi connectivity index (χ0n) is 11.8. The van der Waals surface area contributed by atoms with E-state index >= 15 is 0 Å². The summed E-state index contributed by atoms with van der Waals surface area (Å²) in [5.41, 5.74) is 1.49. The lowest BCUT2D eigenvalue weighted by Crippen LogP contribution is -2.39. The van der Waals surface area contributed by atoms with Crippen LogP contribution in [0.2, 0.25) is 0 Å². The zero-order chi connectivity index (χ0) is 15.7. The summed E-state index contributed by atoms with van der Waals surface area (Å²) in [6.45, 7) is 0. The van der Waals surface area contributed by atoms with Crippen molar-refractivity contribution < 1.29 is 9.59 Å². The number of hydrogen-bond acceptors (Lipinski definition) is 4. The molecule has 4 nitrogen and oxygen atoms in total. The smallest absolute Gasteiger partial charge is 0.295 e. The largest absolute Gasteiger partial charge is 0.354 e. The molecule has 1 heterocycles. The van der Waals surface area contributed by atoms with E-state index in [9.17, 15) is 9.59 Å². The number of para-hydroxylation sites is 1. The van der Waals surface area contributed by atoms with Crippen LogP contribution in [0.3, 0.4) is 0 Å². The number of imide groups is 1. The van der Waals surface area contributed by atoms with Gasteiger partial charge in [0.05, 0.1) is 5.69 Å². The van der Waals surface area contributed by atoms with E-state index in [0.29, 0.717) is 5.69 Å². The Labute approximate surface area is 141 Å². The first-order chi connectivity index (χ1) is 10.6. The van der Waals surface area contributed by atoms with Gasteiger partial charge in [0.2, 0.25) is 0 Å². The topological polar surface area (TPSA) is 40.6 Å². The summed E-state index contributed by atoms with van der Waals surface area (Å²) in [5.74, 6) is -0.219. The predicted octanol–water partition coefficient (Wildman–Crippen LogP) is 4.11. The molecule has 0 unspecified atom stereocenters. The van der Waals surface area contributed by atoms with Gasteiger partial charge in [0.15, 0.2) is 5.37 Å². The van der Waals surface area contributed by atoms with Gasteiger partial charge >= 0.3 is 0 Å². The second-order valence-corrected chi connectivity index (χ2v) is 6.78. The molecule has 1 aliphatic rings. The fourth-order valence-electron chi connectivity index (χ4n) is 2.27. The van der Waals surface area contributed by atoms with Crippen molar-refractivity contribution in [1.29, 1.82) is 0 Å². The second-order valence-electron chi connectivity index (χ2n) is 4.83. The fraction of sp³-hybridized carbons (Fsp3) is 0.125. The van der Waals surface area contributed by atoms with E-state index in [1.54, 1.807) is 12.1 Å².